The molecule has 0 fully saturated rings. The molecule has 0 radical (unpaired) electrons. The van der Waals surface area contributed by atoms with Crippen molar-refractivity contribution in [3.63, 3.8) is 0 Å². The Morgan fingerprint density at radius 1 is 1.10 bits per heavy atom. The lowest BCUT2D eigenvalue weighted by atomic mass is 10.1. The molecule has 152 valence electrons. The molecular formula is C23H27N3O3. The molecule has 6 heteroatoms. The summed E-state index contributed by atoms with van der Waals surface area (Å²) in [6, 6.07) is 15.3. The molecule has 0 atom stereocenters. The first-order valence-electron chi connectivity index (χ1n) is 9.80. The number of carbonyl (C=O) groups excluding carboxylic acids is 2. The fourth-order valence-corrected chi connectivity index (χ4v) is 3.23. The van der Waals surface area contributed by atoms with Gasteiger partial charge in [0.05, 0.1) is 18.3 Å². The largest absolute Gasteiger partial charge is 0.489 e. The minimum absolute atomic E-state index is 0.00190. The highest BCUT2D eigenvalue weighted by Gasteiger charge is 2.16. The van der Waals surface area contributed by atoms with Gasteiger partial charge in [0, 0.05) is 30.6 Å². The second kappa shape index (κ2) is 9.28. The number of fused-ring (bicyclic) bond motifs is 1. The first kappa shape index (κ1) is 20.5. The average Bonchev–Trinajstić information content (AvgIpc) is 3.09. The zero-order chi connectivity index (χ0) is 20.8. The zero-order valence-corrected chi connectivity index (χ0v) is 17.1. The van der Waals surface area contributed by atoms with Crippen LogP contribution in [0.15, 0.2) is 54.7 Å². The van der Waals surface area contributed by atoms with E-state index in [1.165, 1.54) is 6.92 Å². The van der Waals surface area contributed by atoms with Crippen molar-refractivity contribution in [2.75, 3.05) is 18.4 Å². The van der Waals surface area contributed by atoms with E-state index in [4.69, 9.17) is 4.74 Å². The van der Waals surface area contributed by atoms with Crippen LogP contribution in [0.5, 0.6) is 5.75 Å². The number of hydrogen-bond donors (Lipinski definition) is 2. The smallest absolute Gasteiger partial charge is 0.244 e. The summed E-state index contributed by atoms with van der Waals surface area (Å²) < 4.78 is 5.74. The normalized spacial score (nSPS) is 10.9. The Morgan fingerprint density at radius 2 is 1.83 bits per heavy atom. The number of para-hydroxylation sites is 3. The number of aromatic amines is 1. The summed E-state index contributed by atoms with van der Waals surface area (Å²) in [5, 5.41) is 4.00. The molecule has 0 saturated heterocycles. The average molecular weight is 393 g/mol. The van der Waals surface area contributed by atoms with Crippen LogP contribution in [0.4, 0.5) is 5.69 Å². The van der Waals surface area contributed by atoms with Crippen molar-refractivity contribution >= 4 is 28.4 Å². The molecule has 0 unspecified atom stereocenters. The van der Waals surface area contributed by atoms with E-state index in [9.17, 15) is 9.59 Å². The molecule has 29 heavy (non-hydrogen) atoms. The third kappa shape index (κ3) is 5.38. The summed E-state index contributed by atoms with van der Waals surface area (Å²) in [7, 11) is 0. The Kier molecular flexibility index (Phi) is 6.54. The topological polar surface area (TPSA) is 74.4 Å². The molecule has 0 spiro atoms. The van der Waals surface area contributed by atoms with E-state index in [1.807, 2.05) is 56.4 Å². The molecule has 0 aliphatic rings. The van der Waals surface area contributed by atoms with Gasteiger partial charge in [0.25, 0.3) is 0 Å². The predicted molar refractivity (Wildman–Crippen MR) is 115 cm³/mol. The number of ether oxygens (including phenoxy) is 1. The van der Waals surface area contributed by atoms with Crippen molar-refractivity contribution in [2.45, 2.75) is 33.3 Å². The number of H-pyrrole nitrogens is 1. The Balaban J connectivity index is 1.63. The molecule has 3 rings (SSSR count). The second-order valence-electron chi connectivity index (χ2n) is 7.26. The van der Waals surface area contributed by atoms with Gasteiger partial charge in [-0.2, -0.15) is 0 Å². The third-order valence-electron chi connectivity index (χ3n) is 4.63. The van der Waals surface area contributed by atoms with Crippen LogP contribution in [0.1, 0.15) is 26.3 Å². The molecule has 0 bridgehead atoms. The molecule has 0 aliphatic carbocycles. The molecule has 6 nitrogen and oxygen atoms in total. The first-order chi connectivity index (χ1) is 13.9. The molecule has 2 aromatic carbocycles. The van der Waals surface area contributed by atoms with Crippen LogP contribution in [0.3, 0.4) is 0 Å². The fourth-order valence-electron chi connectivity index (χ4n) is 3.23. The summed E-state index contributed by atoms with van der Waals surface area (Å²) in [4.78, 5) is 29.5. The van der Waals surface area contributed by atoms with Crippen LogP contribution in [0.25, 0.3) is 10.9 Å². The van der Waals surface area contributed by atoms with Gasteiger partial charge < -0.3 is 19.9 Å². The molecular weight excluding hydrogens is 366 g/mol. The summed E-state index contributed by atoms with van der Waals surface area (Å²) in [6.45, 7) is 5.81. The fraction of sp³-hybridized carbons (Fsp3) is 0.304. The minimum Gasteiger partial charge on any atom is -0.489 e. The van der Waals surface area contributed by atoms with Crippen LogP contribution in [-0.2, 0) is 16.0 Å². The van der Waals surface area contributed by atoms with Crippen molar-refractivity contribution in [3.05, 3.63) is 60.3 Å². The molecule has 2 amide bonds. The van der Waals surface area contributed by atoms with E-state index in [2.05, 4.69) is 16.4 Å². The van der Waals surface area contributed by atoms with Crippen LogP contribution < -0.4 is 10.1 Å². The van der Waals surface area contributed by atoms with Crippen molar-refractivity contribution in [2.24, 2.45) is 0 Å². The molecule has 0 aliphatic heterocycles. The number of benzene rings is 2. The number of aromatic nitrogens is 1. The lowest BCUT2D eigenvalue weighted by Gasteiger charge is -2.21. The van der Waals surface area contributed by atoms with E-state index < -0.39 is 0 Å². The number of anilines is 1. The molecule has 1 aromatic heterocycles. The van der Waals surface area contributed by atoms with Gasteiger partial charge in [0.1, 0.15) is 5.75 Å². The van der Waals surface area contributed by atoms with Gasteiger partial charge in [0.2, 0.25) is 11.8 Å². The van der Waals surface area contributed by atoms with E-state index in [-0.39, 0.29) is 24.5 Å². The lowest BCUT2D eigenvalue weighted by molar-refractivity contribution is -0.132. The third-order valence-corrected chi connectivity index (χ3v) is 4.63. The predicted octanol–water partition coefficient (Wildman–Crippen LogP) is 3.98. The number of nitrogens with one attached hydrogen (secondary N) is 2. The SMILES string of the molecule is CC(=O)N(CCc1c[nH]c2ccccc12)CC(=O)Nc1ccccc1OC(C)C. The lowest BCUT2D eigenvalue weighted by Crippen LogP contribution is -2.38. The maximum Gasteiger partial charge on any atom is 0.244 e. The number of rotatable bonds is 8. The van der Waals surface area contributed by atoms with Gasteiger partial charge in [-0.25, -0.2) is 0 Å². The van der Waals surface area contributed by atoms with E-state index >= 15 is 0 Å². The highest BCUT2D eigenvalue weighted by atomic mass is 16.5. The standard InChI is InChI=1S/C23H27N3O3/c1-16(2)29-22-11-7-6-10-21(22)25-23(28)15-26(17(3)27)13-12-18-14-24-20-9-5-4-8-19(18)20/h4-11,14,16,24H,12-13,15H2,1-3H3,(H,25,28). The summed E-state index contributed by atoms with van der Waals surface area (Å²) in [6.07, 6.45) is 2.63. The highest BCUT2D eigenvalue weighted by molar-refractivity contribution is 5.95. The summed E-state index contributed by atoms with van der Waals surface area (Å²) >= 11 is 0. The van der Waals surface area contributed by atoms with Gasteiger partial charge in [-0.05, 0) is 44.0 Å². The van der Waals surface area contributed by atoms with Crippen LogP contribution in [-0.4, -0.2) is 40.9 Å². The van der Waals surface area contributed by atoms with Gasteiger partial charge in [-0.3, -0.25) is 9.59 Å². The molecule has 0 saturated carbocycles. The molecule has 3 aromatic rings. The maximum atomic E-state index is 12.6. The van der Waals surface area contributed by atoms with E-state index in [1.54, 1.807) is 11.0 Å². The highest BCUT2D eigenvalue weighted by Crippen LogP contribution is 2.25. The zero-order valence-electron chi connectivity index (χ0n) is 17.1. The minimum atomic E-state index is -0.251. The number of hydrogen-bond acceptors (Lipinski definition) is 3. The summed E-state index contributed by atoms with van der Waals surface area (Å²) in [5.74, 6) is 0.231. The maximum absolute atomic E-state index is 12.6. The molecule has 1 heterocycles. The Labute approximate surface area is 170 Å². The van der Waals surface area contributed by atoms with Gasteiger partial charge in [-0.15, -0.1) is 0 Å². The number of carbonyl (C=O) groups is 2. The van der Waals surface area contributed by atoms with Crippen LogP contribution in [0, 0.1) is 0 Å². The monoisotopic (exact) mass is 393 g/mol. The van der Waals surface area contributed by atoms with Gasteiger partial charge >= 0.3 is 0 Å². The summed E-state index contributed by atoms with van der Waals surface area (Å²) in [5.41, 5.74) is 2.80. The first-order valence-corrected chi connectivity index (χ1v) is 9.80. The quantitative estimate of drug-likeness (QED) is 0.608. The van der Waals surface area contributed by atoms with Crippen LogP contribution in [0.2, 0.25) is 0 Å². The van der Waals surface area contributed by atoms with Crippen LogP contribution >= 0.6 is 0 Å². The second-order valence-corrected chi connectivity index (χ2v) is 7.26. The van der Waals surface area contributed by atoms with Crippen molar-refractivity contribution in [3.8, 4) is 5.75 Å². The number of amides is 2. The van der Waals surface area contributed by atoms with Crippen molar-refractivity contribution in [1.29, 1.82) is 0 Å². The van der Waals surface area contributed by atoms with Gasteiger partial charge in [0.15, 0.2) is 0 Å². The Hall–Kier alpha value is -3.28. The van der Waals surface area contributed by atoms with Crippen molar-refractivity contribution < 1.29 is 14.3 Å². The number of nitrogens with zero attached hydrogens (tertiary/aromatic N) is 1. The van der Waals surface area contributed by atoms with E-state index in [0.29, 0.717) is 24.4 Å². The van der Waals surface area contributed by atoms with Gasteiger partial charge in [-0.1, -0.05) is 30.3 Å². The van der Waals surface area contributed by atoms with Crippen molar-refractivity contribution in [1.82, 2.24) is 9.88 Å². The Morgan fingerprint density at radius 3 is 2.59 bits per heavy atom. The Bertz CT molecular complexity index is 994. The van der Waals surface area contributed by atoms with E-state index in [0.717, 1.165) is 16.5 Å². The molecule has 2 N–H and O–H groups in total.